The summed E-state index contributed by atoms with van der Waals surface area (Å²) in [5, 5.41) is 18.0. The van der Waals surface area contributed by atoms with Crippen LogP contribution in [0.2, 0.25) is 0 Å². The van der Waals surface area contributed by atoms with Gasteiger partial charge in [-0.2, -0.15) is 10.5 Å². The van der Waals surface area contributed by atoms with Gasteiger partial charge in [-0.1, -0.05) is 60.7 Å². The topological polar surface area (TPSA) is 47.6 Å². The lowest BCUT2D eigenvalue weighted by Crippen LogP contribution is -2.06. The fourth-order valence-electron chi connectivity index (χ4n) is 2.21. The molecule has 19 heavy (non-hydrogen) atoms. The van der Waals surface area contributed by atoms with Crippen molar-refractivity contribution in [1.29, 1.82) is 10.5 Å². The Balaban J connectivity index is 2.35. The number of hydrogen-bond acceptors (Lipinski definition) is 2. The zero-order chi connectivity index (χ0) is 13.5. The molecule has 92 valence electrons. The molecule has 0 fully saturated rings. The van der Waals surface area contributed by atoms with E-state index in [4.69, 9.17) is 10.5 Å². The van der Waals surface area contributed by atoms with Crippen molar-refractivity contribution in [2.75, 3.05) is 0 Å². The van der Waals surface area contributed by atoms with Gasteiger partial charge in [0.25, 0.3) is 0 Å². The molecule has 0 saturated heterocycles. The molecule has 0 spiro atoms. The Morgan fingerprint density at radius 2 is 1.16 bits per heavy atom. The van der Waals surface area contributed by atoms with Crippen molar-refractivity contribution < 1.29 is 0 Å². The lowest BCUT2D eigenvalue weighted by Gasteiger charge is -2.18. The Morgan fingerprint density at radius 3 is 1.53 bits per heavy atom. The molecule has 0 radical (unpaired) electrons. The molecule has 0 saturated carbocycles. The van der Waals surface area contributed by atoms with Gasteiger partial charge in [0, 0.05) is 5.92 Å². The van der Waals surface area contributed by atoms with E-state index >= 15 is 0 Å². The quantitative estimate of drug-likeness (QED) is 0.822. The second-order valence-corrected chi connectivity index (χ2v) is 4.42. The Bertz CT molecular complexity index is 537. The van der Waals surface area contributed by atoms with Crippen LogP contribution in [0.25, 0.3) is 0 Å². The standard InChI is InChI=1S/C17H14N2/c18-12-14(13-19)11-17(15-7-3-1-4-8-15)16-9-5-2-6-10-16/h1-10,14,17H,11H2. The molecule has 0 atom stereocenters. The molecule has 0 aliphatic heterocycles. The summed E-state index contributed by atoms with van der Waals surface area (Å²) in [4.78, 5) is 0. The number of nitrogens with zero attached hydrogens (tertiary/aromatic N) is 2. The number of nitriles is 2. The van der Waals surface area contributed by atoms with Gasteiger partial charge in [0.1, 0.15) is 5.92 Å². The van der Waals surface area contributed by atoms with E-state index in [0.717, 1.165) is 11.1 Å². The molecule has 0 amide bonds. The first-order chi connectivity index (χ1) is 9.35. The molecular weight excluding hydrogens is 232 g/mol. The Labute approximate surface area is 113 Å². The first-order valence-corrected chi connectivity index (χ1v) is 6.24. The van der Waals surface area contributed by atoms with Crippen molar-refractivity contribution in [2.24, 2.45) is 5.92 Å². The fraction of sp³-hybridized carbons (Fsp3) is 0.176. The molecule has 2 aromatic carbocycles. The fourth-order valence-corrected chi connectivity index (χ4v) is 2.21. The third-order valence-electron chi connectivity index (χ3n) is 3.19. The van der Waals surface area contributed by atoms with Gasteiger partial charge in [0.05, 0.1) is 12.1 Å². The Morgan fingerprint density at radius 1 is 0.737 bits per heavy atom. The van der Waals surface area contributed by atoms with Gasteiger partial charge in [-0.05, 0) is 17.5 Å². The summed E-state index contributed by atoms with van der Waals surface area (Å²) in [5.74, 6) is -0.489. The maximum atomic E-state index is 9.00. The Kier molecular flexibility index (Phi) is 4.32. The van der Waals surface area contributed by atoms with E-state index in [2.05, 4.69) is 12.1 Å². The van der Waals surface area contributed by atoms with Crippen molar-refractivity contribution in [2.45, 2.75) is 12.3 Å². The van der Waals surface area contributed by atoms with Gasteiger partial charge in [-0.15, -0.1) is 0 Å². The molecule has 0 unspecified atom stereocenters. The molecule has 2 aromatic rings. The zero-order valence-electron chi connectivity index (χ0n) is 10.5. The lowest BCUT2D eigenvalue weighted by molar-refractivity contribution is 0.652. The predicted molar refractivity (Wildman–Crippen MR) is 74.1 cm³/mol. The van der Waals surface area contributed by atoms with Crippen LogP contribution in [0.4, 0.5) is 0 Å². The van der Waals surface area contributed by atoms with Crippen LogP contribution in [-0.2, 0) is 0 Å². The molecule has 0 heterocycles. The molecule has 0 bridgehead atoms. The first kappa shape index (κ1) is 12.9. The summed E-state index contributed by atoms with van der Waals surface area (Å²) in [7, 11) is 0. The van der Waals surface area contributed by atoms with Crippen LogP contribution in [0.3, 0.4) is 0 Å². The first-order valence-electron chi connectivity index (χ1n) is 6.24. The minimum atomic E-state index is -0.578. The van der Waals surface area contributed by atoms with Gasteiger partial charge in [0.15, 0.2) is 0 Å². The average Bonchev–Trinajstić information content (AvgIpc) is 2.50. The predicted octanol–water partition coefficient (Wildman–Crippen LogP) is 3.87. The van der Waals surface area contributed by atoms with Gasteiger partial charge in [-0.25, -0.2) is 0 Å². The van der Waals surface area contributed by atoms with Crippen molar-refractivity contribution in [3.05, 3.63) is 71.8 Å². The highest BCUT2D eigenvalue weighted by atomic mass is 14.3. The van der Waals surface area contributed by atoms with Crippen LogP contribution in [0.1, 0.15) is 23.5 Å². The molecule has 0 aliphatic rings. The van der Waals surface area contributed by atoms with Gasteiger partial charge < -0.3 is 0 Å². The van der Waals surface area contributed by atoms with Crippen LogP contribution in [0.5, 0.6) is 0 Å². The number of rotatable bonds is 4. The molecule has 2 heteroatoms. The summed E-state index contributed by atoms with van der Waals surface area (Å²) in [6, 6.07) is 24.2. The van der Waals surface area contributed by atoms with Crippen molar-refractivity contribution in [3.8, 4) is 12.1 Å². The minimum Gasteiger partial charge on any atom is -0.197 e. The number of hydrogen-bond donors (Lipinski definition) is 0. The van der Waals surface area contributed by atoms with Crippen LogP contribution < -0.4 is 0 Å². The largest absolute Gasteiger partial charge is 0.197 e. The van der Waals surface area contributed by atoms with E-state index in [1.807, 2.05) is 60.7 Å². The van der Waals surface area contributed by atoms with Gasteiger partial charge in [-0.3, -0.25) is 0 Å². The summed E-state index contributed by atoms with van der Waals surface area (Å²) in [6.45, 7) is 0. The van der Waals surface area contributed by atoms with Crippen LogP contribution >= 0.6 is 0 Å². The second-order valence-electron chi connectivity index (χ2n) is 4.42. The lowest BCUT2D eigenvalue weighted by atomic mass is 9.84. The molecule has 0 aromatic heterocycles. The van der Waals surface area contributed by atoms with Crippen LogP contribution in [0.15, 0.2) is 60.7 Å². The maximum Gasteiger partial charge on any atom is 0.134 e. The van der Waals surface area contributed by atoms with E-state index in [1.54, 1.807) is 0 Å². The average molecular weight is 246 g/mol. The SMILES string of the molecule is N#CC(C#N)CC(c1ccccc1)c1ccccc1. The van der Waals surface area contributed by atoms with Crippen LogP contribution in [0, 0.1) is 28.6 Å². The maximum absolute atomic E-state index is 9.00. The molecular formula is C17H14N2. The van der Waals surface area contributed by atoms with E-state index in [0.29, 0.717) is 6.42 Å². The summed E-state index contributed by atoms with van der Waals surface area (Å²) in [6.07, 6.45) is 0.529. The second kappa shape index (κ2) is 6.38. The highest BCUT2D eigenvalue weighted by Crippen LogP contribution is 2.30. The molecule has 2 rings (SSSR count). The van der Waals surface area contributed by atoms with Crippen molar-refractivity contribution >= 4 is 0 Å². The summed E-state index contributed by atoms with van der Waals surface area (Å²) in [5.41, 5.74) is 2.29. The molecule has 0 N–H and O–H groups in total. The van der Waals surface area contributed by atoms with E-state index in [1.165, 1.54) is 0 Å². The third-order valence-corrected chi connectivity index (χ3v) is 3.19. The summed E-state index contributed by atoms with van der Waals surface area (Å²) < 4.78 is 0. The van der Waals surface area contributed by atoms with Gasteiger partial charge in [0.2, 0.25) is 0 Å². The Hall–Kier alpha value is -2.58. The molecule has 0 aliphatic carbocycles. The third kappa shape index (κ3) is 3.21. The zero-order valence-corrected chi connectivity index (χ0v) is 10.5. The minimum absolute atomic E-state index is 0.0895. The van der Waals surface area contributed by atoms with Crippen molar-refractivity contribution in [1.82, 2.24) is 0 Å². The van der Waals surface area contributed by atoms with E-state index in [9.17, 15) is 0 Å². The van der Waals surface area contributed by atoms with Crippen LogP contribution in [-0.4, -0.2) is 0 Å². The molecule has 2 nitrogen and oxygen atoms in total. The highest BCUT2D eigenvalue weighted by Gasteiger charge is 2.19. The monoisotopic (exact) mass is 246 g/mol. The smallest absolute Gasteiger partial charge is 0.134 e. The van der Waals surface area contributed by atoms with E-state index < -0.39 is 5.92 Å². The number of benzene rings is 2. The van der Waals surface area contributed by atoms with Gasteiger partial charge >= 0.3 is 0 Å². The summed E-state index contributed by atoms with van der Waals surface area (Å²) >= 11 is 0. The normalized spacial score (nSPS) is 10.1. The van der Waals surface area contributed by atoms with Crippen molar-refractivity contribution in [3.63, 3.8) is 0 Å². The van der Waals surface area contributed by atoms with E-state index in [-0.39, 0.29) is 5.92 Å². The highest BCUT2D eigenvalue weighted by molar-refractivity contribution is 5.33.